The fourth-order valence-corrected chi connectivity index (χ4v) is 5.79. The van der Waals surface area contributed by atoms with Crippen LogP contribution in [0, 0.1) is 5.92 Å². The fourth-order valence-electron chi connectivity index (χ4n) is 5.31. The Bertz CT molecular complexity index is 1630. The monoisotopic (exact) mass is 854 g/mol. The molecule has 0 saturated heterocycles. The van der Waals surface area contributed by atoms with E-state index in [1.54, 1.807) is 32.2 Å². The highest BCUT2D eigenvalue weighted by Gasteiger charge is 2.34. The first kappa shape index (κ1) is 51.3. The normalized spacial score (nSPS) is 14.9. The van der Waals surface area contributed by atoms with Crippen LogP contribution in [0.2, 0.25) is 0 Å². The van der Waals surface area contributed by atoms with Gasteiger partial charge in [0, 0.05) is 6.54 Å². The predicted molar refractivity (Wildman–Crippen MR) is 216 cm³/mol. The molecular formula is C36H58N10O12S. The minimum atomic E-state index is -1.79. The van der Waals surface area contributed by atoms with Gasteiger partial charge in [0.1, 0.15) is 29.9 Å². The third-order valence-corrected chi connectivity index (χ3v) is 9.49. The van der Waals surface area contributed by atoms with Crippen LogP contribution in [0.4, 0.5) is 0 Å². The van der Waals surface area contributed by atoms with Gasteiger partial charge < -0.3 is 69.5 Å². The number of aliphatic hydroxyl groups excluding tert-OH is 1. The number of nitrogens with one attached hydrogen (secondary N) is 6. The van der Waals surface area contributed by atoms with E-state index in [0.717, 1.165) is 6.92 Å². The third-order valence-electron chi connectivity index (χ3n) is 8.84. The van der Waals surface area contributed by atoms with Gasteiger partial charge in [-0.3, -0.25) is 38.6 Å². The van der Waals surface area contributed by atoms with Crippen LogP contribution in [-0.2, 0) is 44.8 Å². The third kappa shape index (κ3) is 19.5. The number of carbonyl (C=O) groups excluding carboxylic acids is 6. The van der Waals surface area contributed by atoms with Crippen molar-refractivity contribution in [1.82, 2.24) is 31.9 Å². The molecule has 23 heteroatoms. The minimum Gasteiger partial charge on any atom is -0.508 e. The summed E-state index contributed by atoms with van der Waals surface area (Å²) in [6, 6.07) is -2.26. The molecule has 0 heterocycles. The van der Waals surface area contributed by atoms with Crippen LogP contribution in [0.5, 0.6) is 5.75 Å². The Morgan fingerprint density at radius 1 is 0.780 bits per heavy atom. The average Bonchev–Trinajstić information content (AvgIpc) is 3.16. The number of nitrogens with zero attached hydrogens (tertiary/aromatic N) is 1. The van der Waals surface area contributed by atoms with E-state index in [1.807, 2.05) is 0 Å². The summed E-state index contributed by atoms with van der Waals surface area (Å²) in [5.74, 6) is -8.63. The van der Waals surface area contributed by atoms with Crippen molar-refractivity contribution in [2.45, 2.75) is 102 Å². The molecule has 1 rings (SSSR count). The second-order valence-corrected chi connectivity index (χ2v) is 14.7. The number of hydrogen-bond acceptors (Lipinski definition) is 13. The lowest BCUT2D eigenvalue weighted by Gasteiger charge is -2.27. The van der Waals surface area contributed by atoms with Crippen molar-refractivity contribution in [3.05, 3.63) is 29.8 Å². The lowest BCUT2D eigenvalue weighted by Crippen LogP contribution is -2.59. The number of thioether (sulfide) groups is 1. The SMILES string of the molecule is CC[C@H](C)[C@H](NC(=O)[C@@H](N)Cc1ccc(O)cc1)C(=O)N[C@@H](CCSC)C(=O)NCC(=O)N[C@@H](CC(=O)O)C(=O)N[C@@H](CCCN=C(N)N)C(=O)N[C@H](C(=O)O)[C@@H](C)O. The van der Waals surface area contributed by atoms with Crippen molar-refractivity contribution in [3.8, 4) is 5.75 Å². The van der Waals surface area contributed by atoms with Crippen LogP contribution in [0.15, 0.2) is 29.3 Å². The zero-order valence-corrected chi connectivity index (χ0v) is 34.3. The molecule has 330 valence electrons. The summed E-state index contributed by atoms with van der Waals surface area (Å²) in [5, 5.41) is 52.4. The predicted octanol–water partition coefficient (Wildman–Crippen LogP) is -3.40. The van der Waals surface area contributed by atoms with Crippen molar-refractivity contribution < 1.29 is 58.8 Å². The van der Waals surface area contributed by atoms with Gasteiger partial charge in [-0.05, 0) is 68.2 Å². The molecule has 0 radical (unpaired) electrons. The van der Waals surface area contributed by atoms with E-state index in [9.17, 15) is 58.8 Å². The molecule has 0 aliphatic heterocycles. The van der Waals surface area contributed by atoms with Gasteiger partial charge in [-0.2, -0.15) is 11.8 Å². The fraction of sp³-hybridized carbons (Fsp3) is 0.583. The van der Waals surface area contributed by atoms with E-state index in [4.69, 9.17) is 17.2 Å². The van der Waals surface area contributed by atoms with Crippen molar-refractivity contribution in [2.24, 2.45) is 28.1 Å². The van der Waals surface area contributed by atoms with E-state index in [2.05, 4.69) is 36.9 Å². The molecule has 22 nitrogen and oxygen atoms in total. The molecular weight excluding hydrogens is 797 g/mol. The van der Waals surface area contributed by atoms with Gasteiger partial charge in [0.25, 0.3) is 0 Å². The summed E-state index contributed by atoms with van der Waals surface area (Å²) in [4.78, 5) is 106. The maximum absolute atomic E-state index is 13.6. The highest BCUT2D eigenvalue weighted by Crippen LogP contribution is 2.13. The molecule has 6 amide bonds. The molecule has 0 spiro atoms. The number of nitrogens with two attached hydrogens (primary N) is 3. The van der Waals surface area contributed by atoms with Crippen LogP contribution in [0.3, 0.4) is 0 Å². The summed E-state index contributed by atoms with van der Waals surface area (Å²) in [7, 11) is 0. The molecule has 59 heavy (non-hydrogen) atoms. The first-order valence-electron chi connectivity index (χ1n) is 18.7. The Morgan fingerprint density at radius 2 is 1.36 bits per heavy atom. The maximum atomic E-state index is 13.6. The molecule has 0 saturated carbocycles. The second-order valence-electron chi connectivity index (χ2n) is 13.7. The van der Waals surface area contributed by atoms with E-state index < -0.39 is 109 Å². The van der Waals surface area contributed by atoms with E-state index >= 15 is 0 Å². The number of phenols is 1. The van der Waals surface area contributed by atoms with Gasteiger partial charge >= 0.3 is 11.9 Å². The molecule has 0 aliphatic carbocycles. The van der Waals surface area contributed by atoms with Crippen molar-refractivity contribution >= 4 is 65.1 Å². The smallest absolute Gasteiger partial charge is 0.328 e. The Labute approximate surface area is 345 Å². The molecule has 16 N–H and O–H groups in total. The summed E-state index contributed by atoms with van der Waals surface area (Å²) >= 11 is 1.37. The van der Waals surface area contributed by atoms with E-state index in [1.165, 1.54) is 23.9 Å². The molecule has 8 atom stereocenters. The Hall–Kier alpha value is -5.68. The van der Waals surface area contributed by atoms with Crippen LogP contribution in [0.25, 0.3) is 0 Å². The van der Waals surface area contributed by atoms with Crippen LogP contribution in [0.1, 0.15) is 58.4 Å². The molecule has 0 aliphatic rings. The van der Waals surface area contributed by atoms with Crippen molar-refractivity contribution in [2.75, 3.05) is 25.1 Å². The molecule has 0 aromatic heterocycles. The summed E-state index contributed by atoms with van der Waals surface area (Å²) < 4.78 is 0. The number of benzene rings is 1. The number of aliphatic carboxylic acids is 2. The Balaban J connectivity index is 3.09. The first-order valence-corrected chi connectivity index (χ1v) is 20.1. The Morgan fingerprint density at radius 3 is 1.90 bits per heavy atom. The topological polar surface area (TPSA) is 380 Å². The number of aromatic hydroxyl groups is 1. The first-order chi connectivity index (χ1) is 27.7. The largest absolute Gasteiger partial charge is 0.508 e. The standard InChI is InChI=1S/C36H58N10O12S/c1-5-18(2)28(45-30(52)22(37)15-20-8-10-21(48)11-9-20)34(56)44-24(12-14-59-4)31(53)41-17-26(49)42-25(16-27(50)51)33(55)43-23(7-6-13-40-36(38)39)32(54)46-29(19(3)47)35(57)58/h8-11,18-19,22-25,28-29,47-48H,5-7,12-17,37H2,1-4H3,(H,41,53)(H,42,49)(H,43,55)(H,44,56)(H,45,52)(H,46,54)(H,50,51)(H,57,58)(H4,38,39,40)/t18-,19+,22-,23-,24-,25-,28-,29-/m0/s1. The molecule has 1 aromatic rings. The highest BCUT2D eigenvalue weighted by atomic mass is 32.2. The van der Waals surface area contributed by atoms with Gasteiger partial charge in [-0.25, -0.2) is 4.79 Å². The number of hydrogen-bond donors (Lipinski definition) is 13. The Kier molecular flexibility index (Phi) is 22.9. The van der Waals surface area contributed by atoms with Gasteiger partial charge in [0.2, 0.25) is 35.4 Å². The van der Waals surface area contributed by atoms with Gasteiger partial charge in [0.05, 0.1) is 25.1 Å². The average molecular weight is 855 g/mol. The zero-order chi connectivity index (χ0) is 44.8. The van der Waals surface area contributed by atoms with Gasteiger partial charge in [-0.1, -0.05) is 32.4 Å². The number of guanidine groups is 1. The molecule has 0 fully saturated rings. The number of aliphatic hydroxyl groups is 1. The summed E-state index contributed by atoms with van der Waals surface area (Å²) in [6.45, 7) is 3.87. The second kappa shape index (κ2) is 26.3. The molecule has 0 bridgehead atoms. The van der Waals surface area contributed by atoms with E-state index in [-0.39, 0.29) is 43.9 Å². The number of carbonyl (C=O) groups is 8. The summed E-state index contributed by atoms with van der Waals surface area (Å²) in [5.41, 5.74) is 17.4. The number of rotatable bonds is 27. The lowest BCUT2D eigenvalue weighted by atomic mass is 9.96. The quantitative estimate of drug-likeness (QED) is 0.0233. The number of aliphatic imine (C=N–C) groups is 1. The van der Waals surface area contributed by atoms with Crippen molar-refractivity contribution in [3.63, 3.8) is 0 Å². The zero-order valence-electron chi connectivity index (χ0n) is 33.4. The van der Waals surface area contributed by atoms with Crippen LogP contribution in [-0.4, -0.2) is 141 Å². The lowest BCUT2D eigenvalue weighted by molar-refractivity contribution is -0.145. The molecule has 1 aromatic carbocycles. The van der Waals surface area contributed by atoms with Gasteiger partial charge in [-0.15, -0.1) is 0 Å². The number of carboxylic acids is 2. The summed E-state index contributed by atoms with van der Waals surface area (Å²) in [6.07, 6.45) is -0.141. The van der Waals surface area contributed by atoms with Crippen LogP contribution < -0.4 is 49.1 Å². The van der Waals surface area contributed by atoms with Crippen LogP contribution >= 0.6 is 11.8 Å². The molecule has 0 unspecified atom stereocenters. The number of carboxylic acid groups (broad SMARTS) is 2. The highest BCUT2D eigenvalue weighted by molar-refractivity contribution is 7.98. The maximum Gasteiger partial charge on any atom is 0.328 e. The number of phenolic OH excluding ortho intramolecular Hbond substituents is 1. The van der Waals surface area contributed by atoms with E-state index in [0.29, 0.717) is 17.7 Å². The van der Waals surface area contributed by atoms with Gasteiger partial charge in [0.15, 0.2) is 12.0 Å². The number of amides is 6. The van der Waals surface area contributed by atoms with Crippen molar-refractivity contribution in [1.29, 1.82) is 0 Å². The minimum absolute atomic E-state index is 0.00268.